The fourth-order valence-corrected chi connectivity index (χ4v) is 6.62. The molecule has 5 aromatic rings. The van der Waals surface area contributed by atoms with Gasteiger partial charge in [-0.3, -0.25) is 9.13 Å². The molecule has 2 aromatic carbocycles. The third-order valence-corrected chi connectivity index (χ3v) is 8.81. The van der Waals surface area contributed by atoms with Crippen molar-refractivity contribution >= 4 is 11.3 Å². The molecule has 1 aliphatic rings. The maximum atomic E-state index is 13.7. The summed E-state index contributed by atoms with van der Waals surface area (Å²) < 4.78 is 3.34. The van der Waals surface area contributed by atoms with Gasteiger partial charge in [-0.1, -0.05) is 61.0 Å². The van der Waals surface area contributed by atoms with Gasteiger partial charge in [-0.2, -0.15) is 5.21 Å². The number of H-pyrrole nitrogens is 1. The zero-order valence-corrected chi connectivity index (χ0v) is 23.9. The van der Waals surface area contributed by atoms with Crippen LogP contribution in [0, 0.1) is 0 Å². The first kappa shape index (κ1) is 27.2. The first-order valence-electron chi connectivity index (χ1n) is 14.4. The SMILES string of the molecule is O=c1n(CCCN2CCCCC2)c(O)c(CCc2ccccc2)n1Cc1cc(-c2ccccc2-c2nn[nH]n2)cs1. The zero-order valence-electron chi connectivity index (χ0n) is 23.1. The van der Waals surface area contributed by atoms with E-state index in [0.29, 0.717) is 31.0 Å². The number of thiophene rings is 1. The minimum atomic E-state index is -0.147. The van der Waals surface area contributed by atoms with Gasteiger partial charge in [0, 0.05) is 17.0 Å². The molecule has 0 atom stereocenters. The van der Waals surface area contributed by atoms with E-state index in [1.165, 1.54) is 24.8 Å². The number of nitrogens with zero attached hydrogens (tertiary/aromatic N) is 6. The van der Waals surface area contributed by atoms with Crippen molar-refractivity contribution in [1.82, 2.24) is 34.7 Å². The molecule has 10 heteroatoms. The van der Waals surface area contributed by atoms with Crippen molar-refractivity contribution < 1.29 is 5.11 Å². The highest BCUT2D eigenvalue weighted by Gasteiger charge is 2.21. The average Bonchev–Trinajstić information content (AvgIpc) is 3.76. The number of aromatic hydroxyl groups is 1. The molecule has 0 amide bonds. The van der Waals surface area contributed by atoms with Crippen LogP contribution in [0.3, 0.4) is 0 Å². The van der Waals surface area contributed by atoms with Crippen LogP contribution >= 0.6 is 11.3 Å². The Balaban J connectivity index is 1.26. The van der Waals surface area contributed by atoms with E-state index >= 15 is 0 Å². The lowest BCUT2D eigenvalue weighted by atomic mass is 10.0. The lowest BCUT2D eigenvalue weighted by Gasteiger charge is -2.26. The minimum absolute atomic E-state index is 0.101. The molecule has 6 rings (SSSR count). The maximum Gasteiger partial charge on any atom is 0.331 e. The molecule has 1 saturated heterocycles. The van der Waals surface area contributed by atoms with Crippen LogP contribution in [-0.2, 0) is 25.9 Å². The number of imidazole rings is 1. The van der Waals surface area contributed by atoms with Gasteiger partial charge in [-0.15, -0.1) is 21.5 Å². The van der Waals surface area contributed by atoms with Gasteiger partial charge in [-0.25, -0.2) is 4.79 Å². The quantitative estimate of drug-likeness (QED) is 0.233. The van der Waals surface area contributed by atoms with Crippen LogP contribution in [0.1, 0.15) is 41.8 Å². The fourth-order valence-electron chi connectivity index (χ4n) is 5.75. The number of tetrazole rings is 1. The molecule has 2 N–H and O–H groups in total. The molecule has 1 aliphatic heterocycles. The third kappa shape index (κ3) is 6.18. The number of piperidine rings is 1. The van der Waals surface area contributed by atoms with E-state index in [2.05, 4.69) is 49.1 Å². The van der Waals surface area contributed by atoms with E-state index in [0.717, 1.165) is 54.0 Å². The molecule has 212 valence electrons. The van der Waals surface area contributed by atoms with Crippen LogP contribution in [0.25, 0.3) is 22.5 Å². The molecule has 9 nitrogen and oxygen atoms in total. The molecule has 0 spiro atoms. The van der Waals surface area contributed by atoms with Crippen LogP contribution in [-0.4, -0.2) is 59.4 Å². The van der Waals surface area contributed by atoms with Crippen LogP contribution in [0.2, 0.25) is 0 Å². The van der Waals surface area contributed by atoms with Gasteiger partial charge >= 0.3 is 5.69 Å². The lowest BCUT2D eigenvalue weighted by Crippen LogP contribution is -2.32. The molecular weight excluding hydrogens is 534 g/mol. The Kier molecular flexibility index (Phi) is 8.39. The number of rotatable bonds is 11. The first-order valence-corrected chi connectivity index (χ1v) is 15.2. The molecule has 0 aliphatic carbocycles. The topological polar surface area (TPSA) is 105 Å². The van der Waals surface area contributed by atoms with Crippen molar-refractivity contribution in [3.8, 4) is 28.4 Å². The number of aromatic nitrogens is 6. The second kappa shape index (κ2) is 12.7. The van der Waals surface area contributed by atoms with Crippen molar-refractivity contribution in [3.05, 3.63) is 92.7 Å². The summed E-state index contributed by atoms with van der Waals surface area (Å²) in [7, 11) is 0. The van der Waals surface area contributed by atoms with Crippen molar-refractivity contribution in [1.29, 1.82) is 0 Å². The Bertz CT molecular complexity index is 1620. The maximum absolute atomic E-state index is 13.7. The lowest BCUT2D eigenvalue weighted by molar-refractivity contribution is 0.221. The number of hydrogen-bond donors (Lipinski definition) is 2. The van der Waals surface area contributed by atoms with E-state index < -0.39 is 0 Å². The van der Waals surface area contributed by atoms with Gasteiger partial charge in [0.25, 0.3) is 0 Å². The van der Waals surface area contributed by atoms with Gasteiger partial charge in [0.2, 0.25) is 11.7 Å². The molecule has 41 heavy (non-hydrogen) atoms. The number of aryl methyl sites for hydroxylation is 1. The normalized spacial score (nSPS) is 14.0. The summed E-state index contributed by atoms with van der Waals surface area (Å²) in [4.78, 5) is 17.2. The monoisotopic (exact) mass is 569 g/mol. The predicted octanol–water partition coefficient (Wildman–Crippen LogP) is 4.97. The van der Waals surface area contributed by atoms with Gasteiger partial charge in [-0.05, 0) is 85.1 Å². The standard InChI is InChI=1S/C31H35N7O2S/c39-30-28(15-14-23-10-3-1-4-11-23)38(31(40)37(30)19-9-18-36-16-7-2-8-17-36)21-25-20-24(22-41-25)26-12-5-6-13-27(26)29-32-34-35-33-29/h1,3-6,10-13,20,22,39H,2,7-9,14-19,21H2,(H,32,33,34,35). The summed E-state index contributed by atoms with van der Waals surface area (Å²) in [5.41, 5.74) is 4.66. The van der Waals surface area contributed by atoms with Gasteiger partial charge in [0.05, 0.1) is 12.2 Å². The Labute approximate surface area is 243 Å². The van der Waals surface area contributed by atoms with Crippen molar-refractivity contribution in [3.63, 3.8) is 0 Å². The number of likely N-dealkylation sites (tertiary alicyclic amines) is 1. The molecule has 1 fully saturated rings. The second-order valence-corrected chi connectivity index (χ2v) is 11.6. The largest absolute Gasteiger partial charge is 0.493 e. The highest BCUT2D eigenvalue weighted by molar-refractivity contribution is 7.10. The van der Waals surface area contributed by atoms with E-state index in [9.17, 15) is 9.90 Å². The minimum Gasteiger partial charge on any atom is -0.493 e. The highest BCUT2D eigenvalue weighted by Crippen LogP contribution is 2.33. The smallest absolute Gasteiger partial charge is 0.331 e. The first-order chi connectivity index (χ1) is 20.2. The number of benzene rings is 2. The van der Waals surface area contributed by atoms with E-state index in [1.54, 1.807) is 20.5 Å². The summed E-state index contributed by atoms with van der Waals surface area (Å²) in [5.74, 6) is 0.642. The molecule has 0 radical (unpaired) electrons. The predicted molar refractivity (Wildman–Crippen MR) is 161 cm³/mol. The van der Waals surface area contributed by atoms with Crippen molar-refractivity contribution in [2.75, 3.05) is 19.6 Å². The van der Waals surface area contributed by atoms with Crippen LogP contribution in [0.5, 0.6) is 5.88 Å². The Morgan fingerprint density at radius 3 is 2.46 bits per heavy atom. The van der Waals surface area contributed by atoms with E-state index in [4.69, 9.17) is 0 Å². The van der Waals surface area contributed by atoms with Crippen LogP contribution < -0.4 is 5.69 Å². The Hall–Kier alpha value is -4.02. The van der Waals surface area contributed by atoms with E-state index in [1.807, 2.05) is 42.5 Å². The summed E-state index contributed by atoms with van der Waals surface area (Å²) in [6.45, 7) is 4.12. The molecular formula is C31H35N7O2S. The zero-order chi connectivity index (χ0) is 28.0. The third-order valence-electron chi connectivity index (χ3n) is 7.89. The molecule has 0 unspecified atom stereocenters. The van der Waals surface area contributed by atoms with Gasteiger partial charge in [0.15, 0.2) is 0 Å². The molecule has 4 heterocycles. The van der Waals surface area contributed by atoms with Crippen molar-refractivity contribution in [2.45, 2.75) is 51.6 Å². The van der Waals surface area contributed by atoms with Crippen LogP contribution in [0.15, 0.2) is 70.8 Å². The summed E-state index contributed by atoms with van der Waals surface area (Å²) in [6.07, 6.45) is 5.97. The molecule has 3 aromatic heterocycles. The average molecular weight is 570 g/mol. The Morgan fingerprint density at radius 1 is 0.902 bits per heavy atom. The summed E-state index contributed by atoms with van der Waals surface area (Å²) in [5, 5.41) is 28.0. The molecule has 0 saturated carbocycles. The fraction of sp³-hybridized carbons (Fsp3) is 0.355. The number of nitrogens with one attached hydrogen (secondary N) is 1. The summed E-state index contributed by atoms with van der Waals surface area (Å²) >= 11 is 1.61. The highest BCUT2D eigenvalue weighted by atomic mass is 32.1. The second-order valence-electron chi connectivity index (χ2n) is 10.6. The van der Waals surface area contributed by atoms with Crippen LogP contribution in [0.4, 0.5) is 0 Å². The molecule has 0 bridgehead atoms. The van der Waals surface area contributed by atoms with Gasteiger partial charge in [0.1, 0.15) is 0 Å². The Morgan fingerprint density at radius 2 is 1.68 bits per heavy atom. The van der Waals surface area contributed by atoms with Gasteiger partial charge < -0.3 is 10.0 Å². The number of aromatic amines is 1. The number of hydrogen-bond acceptors (Lipinski definition) is 7. The summed E-state index contributed by atoms with van der Waals surface area (Å²) in [6, 6.07) is 20.3. The van der Waals surface area contributed by atoms with E-state index in [-0.39, 0.29) is 11.6 Å². The van der Waals surface area contributed by atoms with Crippen molar-refractivity contribution in [2.24, 2.45) is 0 Å².